The van der Waals surface area contributed by atoms with E-state index in [1.54, 1.807) is 72.8 Å². The molecule has 0 spiro atoms. The summed E-state index contributed by atoms with van der Waals surface area (Å²) in [5, 5.41) is 3.57. The largest absolute Gasteiger partial charge is 0.322 e. The predicted molar refractivity (Wildman–Crippen MR) is 118 cm³/mol. The minimum Gasteiger partial charge on any atom is -0.322 e. The van der Waals surface area contributed by atoms with Gasteiger partial charge in [-0.25, -0.2) is 4.90 Å². The highest BCUT2D eigenvalue weighted by Gasteiger charge is 2.38. The van der Waals surface area contributed by atoms with Gasteiger partial charge >= 0.3 is 0 Å². The molecule has 3 aromatic carbocycles. The van der Waals surface area contributed by atoms with Crippen LogP contribution in [0.2, 0.25) is 10.0 Å². The van der Waals surface area contributed by atoms with Gasteiger partial charge in [0.1, 0.15) is 0 Å². The van der Waals surface area contributed by atoms with Crippen molar-refractivity contribution in [3.8, 4) is 0 Å². The van der Waals surface area contributed by atoms with Crippen LogP contribution in [0.25, 0.3) is 6.08 Å². The fourth-order valence-corrected chi connectivity index (χ4v) is 3.65. The van der Waals surface area contributed by atoms with Crippen molar-refractivity contribution in [2.24, 2.45) is 0 Å². The van der Waals surface area contributed by atoms with Crippen LogP contribution in [0.1, 0.15) is 26.3 Å². The van der Waals surface area contributed by atoms with Crippen LogP contribution in [0.4, 0.5) is 11.4 Å². The number of nitrogens with zero attached hydrogens (tertiary/aromatic N) is 1. The first-order chi connectivity index (χ1) is 14.5. The van der Waals surface area contributed by atoms with E-state index in [1.807, 2.05) is 0 Å². The Kier molecular flexibility index (Phi) is 5.40. The molecule has 1 aliphatic heterocycles. The number of carbonyl (C=O) groups is 3. The van der Waals surface area contributed by atoms with Crippen molar-refractivity contribution in [1.82, 2.24) is 0 Å². The average molecular weight is 437 g/mol. The van der Waals surface area contributed by atoms with Gasteiger partial charge in [-0.3, -0.25) is 14.4 Å². The average Bonchev–Trinajstić information content (AvgIpc) is 2.99. The lowest BCUT2D eigenvalue weighted by Crippen LogP contribution is -2.29. The highest BCUT2D eigenvalue weighted by atomic mass is 35.5. The SMILES string of the molecule is O=C(/C=C/c1ccc(Cl)cc1Cl)Nc1cccc2c1C(=O)N(c1ccccc1)C2=O. The maximum absolute atomic E-state index is 13.0. The second kappa shape index (κ2) is 8.14. The van der Waals surface area contributed by atoms with Gasteiger partial charge < -0.3 is 5.32 Å². The molecule has 0 radical (unpaired) electrons. The monoisotopic (exact) mass is 436 g/mol. The summed E-state index contributed by atoms with van der Waals surface area (Å²) in [5.41, 5.74) is 1.76. The standard InChI is InChI=1S/C23H14Cl2N2O3/c24-15-11-9-14(18(25)13-15)10-12-20(28)26-19-8-4-7-17-21(19)23(30)27(22(17)29)16-5-2-1-3-6-16/h1-13H,(H,26,28)/b12-10+. The Morgan fingerprint density at radius 2 is 1.67 bits per heavy atom. The Labute approximate surface area is 182 Å². The lowest BCUT2D eigenvalue weighted by Gasteiger charge is -2.13. The maximum Gasteiger partial charge on any atom is 0.268 e. The summed E-state index contributed by atoms with van der Waals surface area (Å²) in [6.07, 6.45) is 2.84. The molecule has 1 aliphatic rings. The summed E-state index contributed by atoms with van der Waals surface area (Å²) in [5.74, 6) is -1.38. The predicted octanol–water partition coefficient (Wildman–Crippen LogP) is 5.45. The first-order valence-electron chi connectivity index (χ1n) is 8.96. The number of rotatable bonds is 4. The van der Waals surface area contributed by atoms with Crippen LogP contribution >= 0.6 is 23.2 Å². The lowest BCUT2D eigenvalue weighted by molar-refractivity contribution is -0.111. The molecule has 4 rings (SSSR count). The molecule has 0 fully saturated rings. The molecule has 30 heavy (non-hydrogen) atoms. The van der Waals surface area contributed by atoms with Crippen LogP contribution in [0.3, 0.4) is 0 Å². The summed E-state index contributed by atoms with van der Waals surface area (Å²) >= 11 is 12.0. The molecule has 0 aromatic heterocycles. The Hall–Kier alpha value is -3.41. The van der Waals surface area contributed by atoms with Crippen LogP contribution in [0, 0.1) is 0 Å². The number of nitrogens with one attached hydrogen (secondary N) is 1. The quantitative estimate of drug-likeness (QED) is 0.436. The molecule has 3 amide bonds. The van der Waals surface area contributed by atoms with Crippen LogP contribution in [-0.2, 0) is 4.79 Å². The first kappa shape index (κ1) is 19.9. The second-order valence-electron chi connectivity index (χ2n) is 6.50. The van der Waals surface area contributed by atoms with Crippen molar-refractivity contribution in [3.05, 3.63) is 99.5 Å². The first-order valence-corrected chi connectivity index (χ1v) is 9.72. The molecule has 7 heteroatoms. The number of imide groups is 1. The third-order valence-electron chi connectivity index (χ3n) is 4.56. The topological polar surface area (TPSA) is 66.5 Å². The number of fused-ring (bicyclic) bond motifs is 1. The van der Waals surface area contributed by atoms with Gasteiger partial charge in [0.2, 0.25) is 5.91 Å². The van der Waals surface area contributed by atoms with Crippen LogP contribution in [0.5, 0.6) is 0 Å². The third-order valence-corrected chi connectivity index (χ3v) is 5.13. The van der Waals surface area contributed by atoms with E-state index in [4.69, 9.17) is 23.2 Å². The van der Waals surface area contributed by atoms with E-state index >= 15 is 0 Å². The summed E-state index contributed by atoms with van der Waals surface area (Å²) in [4.78, 5) is 39.3. The zero-order valence-electron chi connectivity index (χ0n) is 15.4. The fraction of sp³-hybridized carbons (Fsp3) is 0. The number of hydrogen-bond acceptors (Lipinski definition) is 3. The van der Waals surface area contributed by atoms with Gasteiger partial charge in [-0.1, -0.05) is 53.5 Å². The number of carbonyl (C=O) groups excluding carboxylic acids is 3. The maximum atomic E-state index is 13.0. The van der Waals surface area contributed by atoms with E-state index in [1.165, 1.54) is 6.08 Å². The number of hydrogen-bond donors (Lipinski definition) is 1. The molecule has 3 aromatic rings. The van der Waals surface area contributed by atoms with E-state index in [-0.39, 0.29) is 16.8 Å². The van der Waals surface area contributed by atoms with Crippen molar-refractivity contribution in [1.29, 1.82) is 0 Å². The van der Waals surface area contributed by atoms with Gasteiger partial charge in [-0.05, 0) is 48.0 Å². The van der Waals surface area contributed by atoms with E-state index in [2.05, 4.69) is 5.32 Å². The molecular formula is C23H14Cl2N2O3. The Balaban J connectivity index is 1.59. The minimum absolute atomic E-state index is 0.164. The minimum atomic E-state index is -0.484. The highest BCUT2D eigenvalue weighted by molar-refractivity contribution is 6.37. The second-order valence-corrected chi connectivity index (χ2v) is 7.34. The van der Waals surface area contributed by atoms with Gasteiger partial charge in [0.15, 0.2) is 0 Å². The van der Waals surface area contributed by atoms with Crippen molar-refractivity contribution in [3.63, 3.8) is 0 Å². The van der Waals surface area contributed by atoms with Crippen molar-refractivity contribution in [2.75, 3.05) is 10.2 Å². The molecule has 1 heterocycles. The third kappa shape index (κ3) is 3.73. The molecule has 0 aliphatic carbocycles. The van der Waals surface area contributed by atoms with Crippen LogP contribution in [0.15, 0.2) is 72.8 Å². The van der Waals surface area contributed by atoms with Crippen LogP contribution in [-0.4, -0.2) is 17.7 Å². The molecule has 0 saturated carbocycles. The number of halogens is 2. The fourth-order valence-electron chi connectivity index (χ4n) is 3.18. The Bertz CT molecular complexity index is 1210. The van der Waals surface area contributed by atoms with Crippen molar-refractivity contribution >= 4 is 58.4 Å². The molecule has 148 valence electrons. The number of amides is 3. The van der Waals surface area contributed by atoms with E-state index in [0.717, 1.165) is 4.90 Å². The van der Waals surface area contributed by atoms with Crippen molar-refractivity contribution in [2.45, 2.75) is 0 Å². The molecule has 0 atom stereocenters. The summed E-state index contributed by atoms with van der Waals surface area (Å²) in [6, 6.07) is 18.3. The van der Waals surface area contributed by atoms with Gasteiger partial charge in [0.05, 0.1) is 22.5 Å². The normalized spacial score (nSPS) is 13.1. The number of benzene rings is 3. The Morgan fingerprint density at radius 1 is 0.900 bits per heavy atom. The summed E-state index contributed by atoms with van der Waals surface area (Å²) in [7, 11) is 0. The number of anilines is 2. The van der Waals surface area contributed by atoms with E-state index in [0.29, 0.717) is 21.3 Å². The van der Waals surface area contributed by atoms with E-state index in [9.17, 15) is 14.4 Å². The molecule has 0 bridgehead atoms. The van der Waals surface area contributed by atoms with Crippen LogP contribution < -0.4 is 10.2 Å². The molecular weight excluding hydrogens is 423 g/mol. The van der Waals surface area contributed by atoms with Gasteiger partial charge in [-0.2, -0.15) is 0 Å². The lowest BCUT2D eigenvalue weighted by atomic mass is 10.1. The summed E-state index contributed by atoms with van der Waals surface area (Å²) < 4.78 is 0. The molecule has 0 unspecified atom stereocenters. The van der Waals surface area contributed by atoms with Gasteiger partial charge in [0, 0.05) is 16.1 Å². The van der Waals surface area contributed by atoms with Gasteiger partial charge in [-0.15, -0.1) is 0 Å². The zero-order chi connectivity index (χ0) is 21.3. The molecule has 5 nitrogen and oxygen atoms in total. The zero-order valence-corrected chi connectivity index (χ0v) is 16.9. The Morgan fingerprint density at radius 3 is 2.40 bits per heavy atom. The molecule has 1 N–H and O–H groups in total. The van der Waals surface area contributed by atoms with E-state index < -0.39 is 17.7 Å². The smallest absolute Gasteiger partial charge is 0.268 e. The van der Waals surface area contributed by atoms with Crippen molar-refractivity contribution < 1.29 is 14.4 Å². The molecule has 0 saturated heterocycles. The number of para-hydroxylation sites is 1. The summed E-state index contributed by atoms with van der Waals surface area (Å²) in [6.45, 7) is 0. The highest BCUT2D eigenvalue weighted by Crippen LogP contribution is 2.32. The van der Waals surface area contributed by atoms with Gasteiger partial charge in [0.25, 0.3) is 11.8 Å².